The minimum absolute atomic E-state index is 0.0164. The monoisotopic (exact) mass is 457 g/mol. The number of carbonyl (C=O) groups excluding carboxylic acids is 2. The van der Waals surface area contributed by atoms with Crippen molar-refractivity contribution in [3.05, 3.63) is 95.1 Å². The van der Waals surface area contributed by atoms with E-state index in [0.29, 0.717) is 29.3 Å². The number of hydrogen-bond donors (Lipinski definition) is 2. The lowest BCUT2D eigenvalue weighted by Gasteiger charge is -2.26. The third-order valence-corrected chi connectivity index (χ3v) is 5.93. The highest BCUT2D eigenvalue weighted by Crippen LogP contribution is 2.44. The average Bonchev–Trinajstić information content (AvgIpc) is 3.11. The summed E-state index contributed by atoms with van der Waals surface area (Å²) in [5.41, 5.74) is 2.59. The van der Waals surface area contributed by atoms with Gasteiger partial charge in [-0.1, -0.05) is 62.4 Å². The largest absolute Gasteiger partial charge is 0.507 e. The number of benzene rings is 3. The molecule has 1 saturated heterocycles. The van der Waals surface area contributed by atoms with Gasteiger partial charge in [0.2, 0.25) is 0 Å². The third kappa shape index (κ3) is 4.15. The van der Waals surface area contributed by atoms with E-state index in [9.17, 15) is 19.8 Å². The normalized spacial score (nSPS) is 17.4. The molecule has 6 heteroatoms. The molecule has 34 heavy (non-hydrogen) atoms. The minimum atomic E-state index is -0.898. The number of carbonyl (C=O) groups is 2. The number of phenolic OH excluding ortho intramolecular Hbond substituents is 1. The van der Waals surface area contributed by atoms with E-state index >= 15 is 0 Å². The van der Waals surface area contributed by atoms with Crippen molar-refractivity contribution < 1.29 is 24.5 Å². The van der Waals surface area contributed by atoms with Crippen LogP contribution in [0.5, 0.6) is 11.5 Å². The van der Waals surface area contributed by atoms with Gasteiger partial charge in [-0.25, -0.2) is 0 Å². The number of hydrogen-bond acceptors (Lipinski definition) is 5. The highest BCUT2D eigenvalue weighted by molar-refractivity contribution is 6.51. The second kappa shape index (κ2) is 9.43. The van der Waals surface area contributed by atoms with Gasteiger partial charge in [0, 0.05) is 11.3 Å². The Balaban J connectivity index is 1.93. The van der Waals surface area contributed by atoms with Crippen LogP contribution in [0.15, 0.2) is 78.4 Å². The number of aliphatic hydroxyl groups excluding tert-OH is 1. The Bertz CT molecular complexity index is 1250. The van der Waals surface area contributed by atoms with E-state index in [2.05, 4.69) is 13.8 Å². The average molecular weight is 458 g/mol. The molecule has 4 rings (SSSR count). The molecule has 1 aliphatic rings. The molecule has 1 aliphatic heterocycles. The van der Waals surface area contributed by atoms with Crippen molar-refractivity contribution in [1.29, 1.82) is 0 Å². The van der Waals surface area contributed by atoms with E-state index in [-0.39, 0.29) is 22.8 Å². The number of ether oxygens (including phenoxy) is 1. The van der Waals surface area contributed by atoms with E-state index < -0.39 is 17.7 Å². The van der Waals surface area contributed by atoms with Gasteiger partial charge in [-0.2, -0.15) is 0 Å². The van der Waals surface area contributed by atoms with Crippen molar-refractivity contribution in [2.24, 2.45) is 0 Å². The number of aliphatic hydroxyl groups is 1. The minimum Gasteiger partial charge on any atom is -0.507 e. The number of Topliss-reactive ketones (excluding diaryl/α,β-unsaturated/α-hetero) is 1. The first-order valence-electron chi connectivity index (χ1n) is 11.3. The summed E-state index contributed by atoms with van der Waals surface area (Å²) in [6, 6.07) is 19.9. The maximum absolute atomic E-state index is 13.3. The van der Waals surface area contributed by atoms with Gasteiger partial charge >= 0.3 is 0 Å². The molecule has 6 nitrogen and oxygen atoms in total. The van der Waals surface area contributed by atoms with Gasteiger partial charge < -0.3 is 14.9 Å². The van der Waals surface area contributed by atoms with E-state index in [0.717, 1.165) is 5.56 Å². The summed E-state index contributed by atoms with van der Waals surface area (Å²) in [4.78, 5) is 27.9. The van der Waals surface area contributed by atoms with Crippen LogP contribution in [0.1, 0.15) is 49.4 Å². The topological polar surface area (TPSA) is 87.1 Å². The Morgan fingerprint density at radius 3 is 2.29 bits per heavy atom. The van der Waals surface area contributed by atoms with Crippen LogP contribution in [0.2, 0.25) is 0 Å². The molecule has 3 aromatic rings. The van der Waals surface area contributed by atoms with Crippen molar-refractivity contribution in [3.8, 4) is 11.5 Å². The number of anilines is 1. The Hall–Kier alpha value is -4.06. The molecule has 0 saturated carbocycles. The zero-order chi connectivity index (χ0) is 24.4. The molecule has 1 unspecified atom stereocenters. The highest BCUT2D eigenvalue weighted by Gasteiger charge is 2.47. The SMILES string of the molecule is CCOc1cc(C2/C(=C(/O)c3ccccc3)C(=O)C(=O)N2c2ccc(C(C)C)cc2)ccc1O. The van der Waals surface area contributed by atoms with Crippen LogP contribution in [0.4, 0.5) is 5.69 Å². The lowest BCUT2D eigenvalue weighted by molar-refractivity contribution is -0.132. The number of phenols is 1. The van der Waals surface area contributed by atoms with E-state index in [1.807, 2.05) is 12.1 Å². The van der Waals surface area contributed by atoms with Crippen molar-refractivity contribution in [1.82, 2.24) is 0 Å². The molecular formula is C28H27NO5. The molecular weight excluding hydrogens is 430 g/mol. The van der Waals surface area contributed by atoms with Crippen LogP contribution >= 0.6 is 0 Å². The molecule has 1 heterocycles. The number of rotatable bonds is 6. The van der Waals surface area contributed by atoms with Gasteiger partial charge in [0.25, 0.3) is 11.7 Å². The third-order valence-electron chi connectivity index (χ3n) is 5.93. The Morgan fingerprint density at radius 2 is 1.68 bits per heavy atom. The molecule has 2 N–H and O–H groups in total. The standard InChI is InChI=1S/C28H27NO5/c1-4-34-23-16-20(12-15-22(23)30)25-24(26(31)19-8-6-5-7-9-19)27(32)28(33)29(25)21-13-10-18(11-14-21)17(2)3/h5-17,25,30-31H,4H2,1-3H3/b26-24-. The molecule has 1 fully saturated rings. The lowest BCUT2D eigenvalue weighted by atomic mass is 9.94. The second-order valence-corrected chi connectivity index (χ2v) is 8.44. The number of amides is 1. The number of nitrogens with zero attached hydrogens (tertiary/aromatic N) is 1. The van der Waals surface area contributed by atoms with Gasteiger partial charge in [0.15, 0.2) is 11.5 Å². The van der Waals surface area contributed by atoms with Crippen molar-refractivity contribution in [3.63, 3.8) is 0 Å². The smallest absolute Gasteiger partial charge is 0.300 e. The quantitative estimate of drug-likeness (QED) is 0.288. The fourth-order valence-corrected chi connectivity index (χ4v) is 4.16. The van der Waals surface area contributed by atoms with Crippen LogP contribution in [0.3, 0.4) is 0 Å². The summed E-state index contributed by atoms with van der Waals surface area (Å²) in [5, 5.41) is 21.3. The number of ketones is 1. The van der Waals surface area contributed by atoms with E-state index in [1.54, 1.807) is 61.5 Å². The maximum Gasteiger partial charge on any atom is 0.300 e. The zero-order valence-electron chi connectivity index (χ0n) is 19.4. The fraction of sp³-hybridized carbons (Fsp3) is 0.214. The van der Waals surface area contributed by atoms with Crippen LogP contribution < -0.4 is 9.64 Å². The van der Waals surface area contributed by atoms with Gasteiger partial charge in [-0.15, -0.1) is 0 Å². The van der Waals surface area contributed by atoms with Crippen LogP contribution in [0.25, 0.3) is 5.76 Å². The van der Waals surface area contributed by atoms with Crippen molar-refractivity contribution in [2.45, 2.75) is 32.7 Å². The van der Waals surface area contributed by atoms with Crippen molar-refractivity contribution >= 4 is 23.1 Å². The Morgan fingerprint density at radius 1 is 1.00 bits per heavy atom. The molecule has 0 aromatic heterocycles. The second-order valence-electron chi connectivity index (χ2n) is 8.44. The predicted octanol–water partition coefficient (Wildman–Crippen LogP) is 5.54. The summed E-state index contributed by atoms with van der Waals surface area (Å²) in [5.74, 6) is -1.26. The van der Waals surface area contributed by atoms with E-state index in [4.69, 9.17) is 4.74 Å². The van der Waals surface area contributed by atoms with Crippen LogP contribution in [-0.2, 0) is 9.59 Å². The van der Waals surface area contributed by atoms with Gasteiger partial charge in [-0.05, 0) is 48.2 Å². The summed E-state index contributed by atoms with van der Waals surface area (Å²) in [6.07, 6.45) is 0. The zero-order valence-corrected chi connectivity index (χ0v) is 19.4. The van der Waals surface area contributed by atoms with Gasteiger partial charge in [-0.3, -0.25) is 14.5 Å². The first-order chi connectivity index (χ1) is 16.3. The summed E-state index contributed by atoms with van der Waals surface area (Å²) in [6.45, 7) is 6.28. The first-order valence-corrected chi connectivity index (χ1v) is 11.3. The van der Waals surface area contributed by atoms with Crippen LogP contribution in [0, 0.1) is 0 Å². The summed E-state index contributed by atoms with van der Waals surface area (Å²) in [7, 11) is 0. The van der Waals surface area contributed by atoms with Gasteiger partial charge in [0.1, 0.15) is 5.76 Å². The Labute approximate surface area is 198 Å². The maximum atomic E-state index is 13.3. The van der Waals surface area contributed by atoms with Gasteiger partial charge in [0.05, 0.1) is 18.2 Å². The molecule has 0 radical (unpaired) electrons. The van der Waals surface area contributed by atoms with Crippen molar-refractivity contribution in [2.75, 3.05) is 11.5 Å². The molecule has 3 aromatic carbocycles. The lowest BCUT2D eigenvalue weighted by Crippen LogP contribution is -2.29. The van der Waals surface area contributed by atoms with E-state index in [1.165, 1.54) is 11.0 Å². The molecule has 1 atom stereocenters. The molecule has 0 spiro atoms. The first kappa shape index (κ1) is 23.1. The Kier molecular flexibility index (Phi) is 6.41. The fourth-order valence-electron chi connectivity index (χ4n) is 4.16. The summed E-state index contributed by atoms with van der Waals surface area (Å²) < 4.78 is 5.54. The predicted molar refractivity (Wildman–Crippen MR) is 131 cm³/mol. The molecule has 1 amide bonds. The molecule has 0 bridgehead atoms. The van der Waals surface area contributed by atoms with Crippen LogP contribution in [-0.4, -0.2) is 28.5 Å². The highest BCUT2D eigenvalue weighted by atomic mass is 16.5. The summed E-state index contributed by atoms with van der Waals surface area (Å²) >= 11 is 0. The number of aromatic hydroxyl groups is 1. The molecule has 174 valence electrons. The molecule has 0 aliphatic carbocycles.